The lowest BCUT2D eigenvalue weighted by atomic mass is 9.79. The van der Waals surface area contributed by atoms with Crippen molar-refractivity contribution in [2.24, 2.45) is 0 Å². The molecule has 1 aromatic carbocycles. The Labute approximate surface area is 152 Å². The summed E-state index contributed by atoms with van der Waals surface area (Å²) in [6.45, 7) is 15.0. The zero-order valence-corrected chi connectivity index (χ0v) is 16.3. The van der Waals surface area contributed by atoms with Crippen LogP contribution in [0.5, 0.6) is 0 Å². The molecule has 2 heterocycles. The van der Waals surface area contributed by atoms with Crippen molar-refractivity contribution in [2.45, 2.75) is 58.7 Å². The highest BCUT2D eigenvalue weighted by Gasteiger charge is 2.51. The van der Waals surface area contributed by atoms with E-state index in [0.29, 0.717) is 6.04 Å². The van der Waals surface area contributed by atoms with Crippen molar-refractivity contribution >= 4 is 25.3 Å². The summed E-state index contributed by atoms with van der Waals surface area (Å²) in [6.07, 6.45) is 0. The fraction of sp³-hybridized carbons (Fsp3) is 0.667. The van der Waals surface area contributed by atoms with Crippen LogP contribution in [0.15, 0.2) is 24.3 Å². The average molecular weight is 344 g/mol. The van der Waals surface area contributed by atoms with Gasteiger partial charge in [-0.3, -0.25) is 0 Å². The summed E-state index contributed by atoms with van der Waals surface area (Å²) >= 11 is 0. The Morgan fingerprint density at radius 2 is 1.64 bits per heavy atom. The van der Waals surface area contributed by atoms with Crippen molar-refractivity contribution in [1.82, 2.24) is 4.81 Å². The maximum absolute atomic E-state index is 9.83. The molecule has 2 fully saturated rings. The van der Waals surface area contributed by atoms with Gasteiger partial charge in [-0.25, -0.2) is 0 Å². The molecule has 1 N–H and O–H groups in total. The molecule has 0 amide bonds. The van der Waals surface area contributed by atoms with Crippen LogP contribution in [0.1, 0.15) is 34.6 Å². The summed E-state index contributed by atoms with van der Waals surface area (Å²) in [5.74, 6) is 0. The number of piperazine rings is 1. The highest BCUT2D eigenvalue weighted by Crippen LogP contribution is 2.36. The minimum atomic E-state index is -0.386. The van der Waals surface area contributed by atoms with Gasteiger partial charge in [0.1, 0.15) is 0 Å². The topological polar surface area (TPSA) is 45.2 Å². The smallest absolute Gasteiger partial charge is 0.437 e. The highest BCUT2D eigenvalue weighted by atomic mass is 16.7. The number of hydrogen-bond acceptors (Lipinski definition) is 5. The summed E-state index contributed by atoms with van der Waals surface area (Å²) < 4.78 is 12.2. The van der Waals surface area contributed by atoms with Crippen LogP contribution in [-0.2, 0) is 9.31 Å². The SMILES string of the molecule is CB(O)N1CCN(c2ccc(B3OC(C)(C)C(C)(C)O3)cc2)C[C@@H]1C. The lowest BCUT2D eigenvalue weighted by Crippen LogP contribution is -2.56. The van der Waals surface area contributed by atoms with Gasteiger partial charge in [0, 0.05) is 31.4 Å². The second-order valence-corrected chi connectivity index (χ2v) is 8.34. The highest BCUT2D eigenvalue weighted by molar-refractivity contribution is 6.62. The van der Waals surface area contributed by atoms with E-state index >= 15 is 0 Å². The minimum absolute atomic E-state index is 0.315. The first-order chi connectivity index (χ1) is 11.6. The second-order valence-electron chi connectivity index (χ2n) is 8.34. The van der Waals surface area contributed by atoms with Crippen LogP contribution < -0.4 is 10.4 Å². The van der Waals surface area contributed by atoms with Crippen molar-refractivity contribution in [3.05, 3.63) is 24.3 Å². The molecule has 0 aromatic heterocycles. The third kappa shape index (κ3) is 3.61. The Morgan fingerprint density at radius 1 is 1.08 bits per heavy atom. The summed E-state index contributed by atoms with van der Waals surface area (Å²) in [7, 11) is -0.701. The average Bonchev–Trinajstić information content (AvgIpc) is 2.75. The van der Waals surface area contributed by atoms with Gasteiger partial charge in [-0.15, -0.1) is 0 Å². The van der Waals surface area contributed by atoms with Gasteiger partial charge in [0.2, 0.25) is 0 Å². The predicted molar refractivity (Wildman–Crippen MR) is 104 cm³/mol. The van der Waals surface area contributed by atoms with Crippen molar-refractivity contribution in [3.63, 3.8) is 0 Å². The van der Waals surface area contributed by atoms with Crippen molar-refractivity contribution in [2.75, 3.05) is 24.5 Å². The molecule has 25 heavy (non-hydrogen) atoms. The zero-order valence-electron chi connectivity index (χ0n) is 16.3. The van der Waals surface area contributed by atoms with Gasteiger partial charge in [0.15, 0.2) is 0 Å². The molecule has 0 aliphatic carbocycles. The minimum Gasteiger partial charge on any atom is -0.437 e. The number of benzene rings is 1. The Hall–Kier alpha value is -1.01. The van der Waals surface area contributed by atoms with Crippen LogP contribution in [0.2, 0.25) is 6.82 Å². The normalized spacial score (nSPS) is 26.1. The van der Waals surface area contributed by atoms with E-state index in [9.17, 15) is 5.02 Å². The first kappa shape index (κ1) is 18.8. The Bertz CT molecular complexity index is 591. The molecular weight excluding hydrogens is 314 g/mol. The number of hydrogen-bond donors (Lipinski definition) is 1. The van der Waals surface area contributed by atoms with Crippen LogP contribution in [0.3, 0.4) is 0 Å². The Balaban J connectivity index is 1.68. The van der Waals surface area contributed by atoms with E-state index in [1.807, 2.05) is 6.82 Å². The Kier molecular flexibility index (Phi) is 4.97. The van der Waals surface area contributed by atoms with Crippen LogP contribution >= 0.6 is 0 Å². The van der Waals surface area contributed by atoms with Gasteiger partial charge in [-0.2, -0.15) is 0 Å². The molecule has 1 aromatic rings. The molecule has 0 saturated carbocycles. The zero-order chi connectivity index (χ0) is 18.4. The van der Waals surface area contributed by atoms with Gasteiger partial charge in [0.05, 0.1) is 11.2 Å². The third-order valence-electron chi connectivity index (χ3n) is 5.94. The number of rotatable bonds is 3. The van der Waals surface area contributed by atoms with E-state index < -0.39 is 0 Å². The van der Waals surface area contributed by atoms with E-state index in [0.717, 1.165) is 25.1 Å². The van der Waals surface area contributed by atoms with Crippen LogP contribution in [0.4, 0.5) is 5.69 Å². The largest absolute Gasteiger partial charge is 0.494 e. The summed E-state index contributed by atoms with van der Waals surface area (Å²) in [5.41, 5.74) is 1.63. The maximum atomic E-state index is 9.83. The van der Waals surface area contributed by atoms with Gasteiger partial charge in [-0.1, -0.05) is 12.1 Å². The quantitative estimate of drug-likeness (QED) is 0.845. The van der Waals surface area contributed by atoms with E-state index in [1.54, 1.807) is 0 Å². The summed E-state index contributed by atoms with van der Waals surface area (Å²) in [5, 5.41) is 9.83. The number of anilines is 1. The second kappa shape index (κ2) is 6.62. The molecule has 0 spiro atoms. The van der Waals surface area contributed by atoms with Crippen LogP contribution in [-0.4, -0.2) is 60.9 Å². The molecule has 136 valence electrons. The van der Waals surface area contributed by atoms with Gasteiger partial charge >= 0.3 is 14.2 Å². The maximum Gasteiger partial charge on any atom is 0.494 e. The fourth-order valence-electron chi connectivity index (χ4n) is 3.58. The molecular formula is C18H30B2N2O3. The van der Waals surface area contributed by atoms with E-state index in [4.69, 9.17) is 9.31 Å². The molecule has 2 aliphatic rings. The Morgan fingerprint density at radius 3 is 2.12 bits per heavy atom. The molecule has 2 aliphatic heterocycles. The molecule has 2 saturated heterocycles. The first-order valence-corrected chi connectivity index (χ1v) is 9.25. The first-order valence-electron chi connectivity index (χ1n) is 9.25. The lowest BCUT2D eigenvalue weighted by molar-refractivity contribution is 0.00578. The molecule has 3 rings (SSSR count). The number of nitrogens with zero attached hydrogens (tertiary/aromatic N) is 2. The summed E-state index contributed by atoms with van der Waals surface area (Å²) in [4.78, 5) is 4.51. The standard InChI is InChI=1S/C18H30B2N2O3/c1-14-13-21(11-12-22(14)19(6)23)16-9-7-15(8-10-16)20-24-17(2,3)18(4,5)25-20/h7-10,14,23H,11-13H2,1-6H3/t14-/m0/s1. The fourth-order valence-corrected chi connectivity index (χ4v) is 3.58. The van der Waals surface area contributed by atoms with E-state index in [-0.39, 0.29) is 25.4 Å². The van der Waals surface area contributed by atoms with E-state index in [1.165, 1.54) is 5.69 Å². The van der Waals surface area contributed by atoms with Crippen molar-refractivity contribution in [3.8, 4) is 0 Å². The van der Waals surface area contributed by atoms with Crippen molar-refractivity contribution < 1.29 is 14.3 Å². The predicted octanol–water partition coefficient (Wildman–Crippen LogP) is 1.61. The molecule has 0 radical (unpaired) electrons. The molecule has 7 heteroatoms. The van der Waals surface area contributed by atoms with Gasteiger partial charge in [0.25, 0.3) is 0 Å². The van der Waals surface area contributed by atoms with E-state index in [2.05, 4.69) is 68.6 Å². The third-order valence-corrected chi connectivity index (χ3v) is 5.94. The molecule has 0 bridgehead atoms. The van der Waals surface area contributed by atoms with Crippen molar-refractivity contribution in [1.29, 1.82) is 0 Å². The lowest BCUT2D eigenvalue weighted by Gasteiger charge is -2.41. The van der Waals surface area contributed by atoms with Crippen LogP contribution in [0.25, 0.3) is 0 Å². The molecule has 5 nitrogen and oxygen atoms in total. The van der Waals surface area contributed by atoms with Gasteiger partial charge < -0.3 is 24.0 Å². The monoisotopic (exact) mass is 344 g/mol. The van der Waals surface area contributed by atoms with Crippen LogP contribution in [0, 0.1) is 0 Å². The molecule has 0 unspecified atom stereocenters. The summed E-state index contributed by atoms with van der Waals surface area (Å²) in [6, 6.07) is 8.82. The van der Waals surface area contributed by atoms with Gasteiger partial charge in [-0.05, 0) is 59.0 Å². The molecule has 1 atom stereocenters.